The van der Waals surface area contributed by atoms with E-state index in [4.69, 9.17) is 4.74 Å². The van der Waals surface area contributed by atoms with E-state index in [2.05, 4.69) is 10.2 Å². The zero-order valence-corrected chi connectivity index (χ0v) is 13.0. The van der Waals surface area contributed by atoms with Gasteiger partial charge in [-0.15, -0.1) is 12.4 Å². The summed E-state index contributed by atoms with van der Waals surface area (Å²) in [5.74, 6) is 0.749. The molecule has 0 aromatic heterocycles. The van der Waals surface area contributed by atoms with E-state index in [9.17, 15) is 8.78 Å². The number of nitrogens with zero attached hydrogens (tertiary/aromatic N) is 1. The van der Waals surface area contributed by atoms with Crippen LogP contribution in [0.25, 0.3) is 0 Å². The van der Waals surface area contributed by atoms with Crippen LogP contribution in [0.3, 0.4) is 0 Å². The van der Waals surface area contributed by atoms with Crippen molar-refractivity contribution in [1.82, 2.24) is 10.2 Å². The van der Waals surface area contributed by atoms with E-state index in [1.165, 1.54) is 0 Å². The lowest BCUT2D eigenvalue weighted by Crippen LogP contribution is -2.45. The van der Waals surface area contributed by atoms with Crippen LogP contribution >= 0.6 is 12.4 Å². The van der Waals surface area contributed by atoms with E-state index in [-0.39, 0.29) is 24.9 Å². The molecule has 6 heteroatoms. The summed E-state index contributed by atoms with van der Waals surface area (Å²) < 4.78 is 31.3. The Hall–Kier alpha value is -0.910. The molecule has 1 atom stereocenters. The maximum Gasteiger partial charge on any atom is 0.240 e. The second-order valence-electron chi connectivity index (χ2n) is 4.93. The predicted octanol–water partition coefficient (Wildman–Crippen LogP) is 3.11. The van der Waals surface area contributed by atoms with Gasteiger partial charge in [-0.2, -0.15) is 0 Å². The van der Waals surface area contributed by atoms with Gasteiger partial charge in [0.15, 0.2) is 0 Å². The van der Waals surface area contributed by atoms with Gasteiger partial charge < -0.3 is 10.1 Å². The molecule has 0 spiro atoms. The normalized spacial score (nSPS) is 17.3. The topological polar surface area (TPSA) is 24.5 Å². The van der Waals surface area contributed by atoms with Gasteiger partial charge in [0, 0.05) is 38.6 Å². The molecule has 0 aliphatic carbocycles. The molecule has 0 bridgehead atoms. The summed E-state index contributed by atoms with van der Waals surface area (Å²) >= 11 is 0. The zero-order chi connectivity index (χ0) is 14.4. The van der Waals surface area contributed by atoms with Gasteiger partial charge in [0.2, 0.25) is 6.43 Å². The molecule has 1 aromatic rings. The summed E-state index contributed by atoms with van der Waals surface area (Å²) in [5.41, 5.74) is 0.915. The summed E-state index contributed by atoms with van der Waals surface area (Å²) in [4.78, 5) is 2.13. The van der Waals surface area contributed by atoms with Crippen LogP contribution in [0.15, 0.2) is 24.3 Å². The van der Waals surface area contributed by atoms with Crippen molar-refractivity contribution in [3.05, 3.63) is 29.8 Å². The van der Waals surface area contributed by atoms with Crippen LogP contribution in [0, 0.1) is 0 Å². The molecule has 1 aliphatic heterocycles. The van der Waals surface area contributed by atoms with E-state index in [1.807, 2.05) is 31.2 Å². The third kappa shape index (κ3) is 5.41. The SMILES string of the molecule is CCOc1cccc([C@H](CC(F)F)N2CCNCC2)c1.Cl. The molecule has 1 aromatic carbocycles. The predicted molar refractivity (Wildman–Crippen MR) is 82.7 cm³/mol. The van der Waals surface area contributed by atoms with Gasteiger partial charge in [-0.1, -0.05) is 12.1 Å². The molecule has 3 nitrogen and oxygen atoms in total. The number of halogens is 3. The Bertz CT molecular complexity index is 414. The fourth-order valence-corrected chi connectivity index (χ4v) is 2.64. The highest BCUT2D eigenvalue weighted by Crippen LogP contribution is 2.29. The van der Waals surface area contributed by atoms with Gasteiger partial charge in [0.05, 0.1) is 6.61 Å². The largest absolute Gasteiger partial charge is 0.494 e. The van der Waals surface area contributed by atoms with Gasteiger partial charge in [-0.05, 0) is 24.6 Å². The van der Waals surface area contributed by atoms with Crippen molar-refractivity contribution in [2.24, 2.45) is 0 Å². The summed E-state index contributed by atoms with van der Waals surface area (Å²) in [5, 5.41) is 3.25. The number of alkyl halides is 2. The molecule has 0 unspecified atom stereocenters. The van der Waals surface area contributed by atoms with Crippen LogP contribution in [0.4, 0.5) is 8.78 Å². The van der Waals surface area contributed by atoms with Crippen molar-refractivity contribution in [2.45, 2.75) is 25.8 Å². The summed E-state index contributed by atoms with van der Waals surface area (Å²) in [6.07, 6.45) is -2.43. The second-order valence-corrected chi connectivity index (χ2v) is 4.93. The highest BCUT2D eigenvalue weighted by molar-refractivity contribution is 5.85. The zero-order valence-electron chi connectivity index (χ0n) is 12.2. The minimum absolute atomic E-state index is 0. The molecule has 1 N–H and O–H groups in total. The average Bonchev–Trinajstić information content (AvgIpc) is 2.46. The minimum Gasteiger partial charge on any atom is -0.494 e. The third-order valence-corrected chi connectivity index (χ3v) is 3.55. The van der Waals surface area contributed by atoms with Crippen molar-refractivity contribution >= 4 is 12.4 Å². The van der Waals surface area contributed by atoms with Crippen LogP contribution in [-0.4, -0.2) is 44.1 Å². The highest BCUT2D eigenvalue weighted by Gasteiger charge is 2.25. The third-order valence-electron chi connectivity index (χ3n) is 3.55. The minimum atomic E-state index is -2.30. The molecule has 0 amide bonds. The van der Waals surface area contributed by atoms with E-state index in [1.54, 1.807) is 0 Å². The Labute approximate surface area is 131 Å². The number of hydrogen-bond donors (Lipinski definition) is 1. The molecule has 1 heterocycles. The number of rotatable bonds is 6. The van der Waals surface area contributed by atoms with Gasteiger partial charge in [0.1, 0.15) is 5.75 Å². The summed E-state index contributed by atoms with van der Waals surface area (Å²) in [6, 6.07) is 7.30. The lowest BCUT2D eigenvalue weighted by molar-refractivity contribution is 0.0738. The molecular formula is C15H23ClF2N2O. The maximum absolute atomic E-state index is 12.9. The monoisotopic (exact) mass is 320 g/mol. The summed E-state index contributed by atoms with van der Waals surface area (Å²) in [7, 11) is 0. The van der Waals surface area contributed by atoms with E-state index in [0.29, 0.717) is 6.61 Å². The first-order valence-electron chi connectivity index (χ1n) is 7.16. The Balaban J connectivity index is 0.00000220. The quantitative estimate of drug-likeness (QED) is 0.871. The first-order chi connectivity index (χ1) is 9.70. The average molecular weight is 321 g/mol. The number of piperazine rings is 1. The van der Waals surface area contributed by atoms with Crippen LogP contribution in [0.2, 0.25) is 0 Å². The van der Waals surface area contributed by atoms with E-state index in [0.717, 1.165) is 37.5 Å². The van der Waals surface area contributed by atoms with Gasteiger partial charge >= 0.3 is 0 Å². The molecular weight excluding hydrogens is 298 g/mol. The molecule has 0 saturated carbocycles. The van der Waals surface area contributed by atoms with Gasteiger partial charge in [0.25, 0.3) is 0 Å². The van der Waals surface area contributed by atoms with Crippen LogP contribution < -0.4 is 10.1 Å². The standard InChI is InChI=1S/C15H22F2N2O.ClH/c1-2-20-13-5-3-4-12(10-13)14(11-15(16)17)19-8-6-18-7-9-19;/h3-5,10,14-15,18H,2,6-9,11H2,1H3;1H/t14-;/m0./s1. The van der Waals surface area contributed by atoms with Crippen molar-refractivity contribution in [2.75, 3.05) is 32.8 Å². The Morgan fingerprint density at radius 3 is 2.62 bits per heavy atom. The first kappa shape index (κ1) is 18.1. The van der Waals surface area contributed by atoms with Crippen molar-refractivity contribution < 1.29 is 13.5 Å². The molecule has 2 rings (SSSR count). The molecule has 21 heavy (non-hydrogen) atoms. The van der Waals surface area contributed by atoms with Crippen LogP contribution in [0.1, 0.15) is 24.9 Å². The number of nitrogens with one attached hydrogen (secondary N) is 1. The second kappa shape index (κ2) is 9.18. The first-order valence-corrected chi connectivity index (χ1v) is 7.16. The molecule has 120 valence electrons. The van der Waals surface area contributed by atoms with Gasteiger partial charge in [-0.3, -0.25) is 4.90 Å². The summed E-state index contributed by atoms with van der Waals surface area (Å²) in [6.45, 7) is 5.80. The Morgan fingerprint density at radius 1 is 1.29 bits per heavy atom. The Morgan fingerprint density at radius 2 is 2.00 bits per heavy atom. The smallest absolute Gasteiger partial charge is 0.240 e. The van der Waals surface area contributed by atoms with Crippen LogP contribution in [0.5, 0.6) is 5.75 Å². The molecule has 1 aliphatic rings. The van der Waals surface area contributed by atoms with E-state index >= 15 is 0 Å². The van der Waals surface area contributed by atoms with Crippen LogP contribution in [-0.2, 0) is 0 Å². The fourth-order valence-electron chi connectivity index (χ4n) is 2.64. The lowest BCUT2D eigenvalue weighted by atomic mass is 10.0. The van der Waals surface area contributed by atoms with Crippen molar-refractivity contribution in [3.8, 4) is 5.75 Å². The van der Waals surface area contributed by atoms with Gasteiger partial charge in [-0.25, -0.2) is 8.78 Å². The molecule has 1 saturated heterocycles. The fraction of sp³-hybridized carbons (Fsp3) is 0.600. The molecule has 1 fully saturated rings. The van der Waals surface area contributed by atoms with E-state index < -0.39 is 6.43 Å². The highest BCUT2D eigenvalue weighted by atomic mass is 35.5. The number of ether oxygens (including phenoxy) is 1. The van der Waals surface area contributed by atoms with Crippen molar-refractivity contribution in [3.63, 3.8) is 0 Å². The Kier molecular flexibility index (Phi) is 7.93. The number of hydrogen-bond acceptors (Lipinski definition) is 3. The number of benzene rings is 1. The maximum atomic E-state index is 12.9. The van der Waals surface area contributed by atoms with Crippen molar-refractivity contribution in [1.29, 1.82) is 0 Å². The lowest BCUT2D eigenvalue weighted by Gasteiger charge is -2.35. The molecule has 0 radical (unpaired) electrons.